The van der Waals surface area contributed by atoms with E-state index in [1.807, 2.05) is 36.6 Å². The third-order valence-electron chi connectivity index (χ3n) is 3.47. The molecule has 0 N–H and O–H groups in total. The van der Waals surface area contributed by atoms with Crippen LogP contribution in [0.2, 0.25) is 0 Å². The summed E-state index contributed by atoms with van der Waals surface area (Å²) in [6.07, 6.45) is 0. The molecule has 0 saturated heterocycles. The smallest absolute Gasteiger partial charge is 0.244 e. The van der Waals surface area contributed by atoms with Crippen molar-refractivity contribution in [3.63, 3.8) is 0 Å². The van der Waals surface area contributed by atoms with Crippen molar-refractivity contribution >= 4 is 28.5 Å². The number of rotatable bonds is 4. The number of methoxy groups -OCH3 is 1. The highest BCUT2D eigenvalue weighted by atomic mass is 35.5. The maximum absolute atomic E-state index is 12.3. The minimum absolute atomic E-state index is 0.00399. The molecule has 0 aliphatic carbocycles. The van der Waals surface area contributed by atoms with Crippen LogP contribution in [0, 0.1) is 0 Å². The molecule has 0 fully saturated rings. The molecule has 1 heterocycles. The van der Waals surface area contributed by atoms with Gasteiger partial charge in [0.15, 0.2) is 0 Å². The van der Waals surface area contributed by atoms with Gasteiger partial charge in [-0.2, -0.15) is 0 Å². The van der Waals surface area contributed by atoms with Crippen LogP contribution in [0.5, 0.6) is 5.75 Å². The number of hydrogen-bond donors (Lipinski definition) is 0. The lowest BCUT2D eigenvalue weighted by molar-refractivity contribution is -0.131. The van der Waals surface area contributed by atoms with Crippen molar-refractivity contribution in [2.75, 3.05) is 21.2 Å². The standard InChI is InChI=1S/C15H20ClN3O2/c1-9(16)14-17-13-11(7-6-8-12(13)21-5)19(14)10(2)15(20)18(3)4/h6-10H,1-5H3. The molecule has 0 spiro atoms. The minimum Gasteiger partial charge on any atom is -0.494 e. The van der Waals surface area contributed by atoms with Crippen molar-refractivity contribution in [1.82, 2.24) is 14.5 Å². The van der Waals surface area contributed by atoms with Crippen molar-refractivity contribution in [3.8, 4) is 5.75 Å². The second kappa shape index (κ2) is 5.93. The SMILES string of the molecule is COc1cccc2c1nc(C(C)Cl)n2C(C)C(=O)N(C)C. The zero-order valence-electron chi connectivity index (χ0n) is 12.9. The van der Waals surface area contributed by atoms with E-state index in [0.717, 1.165) is 11.0 Å². The summed E-state index contributed by atoms with van der Waals surface area (Å²) in [4.78, 5) is 18.5. The number of hydrogen-bond acceptors (Lipinski definition) is 3. The molecule has 1 amide bonds. The molecule has 2 rings (SSSR count). The zero-order valence-corrected chi connectivity index (χ0v) is 13.7. The number of fused-ring (bicyclic) bond motifs is 1. The van der Waals surface area contributed by atoms with Gasteiger partial charge in [0.1, 0.15) is 23.1 Å². The largest absolute Gasteiger partial charge is 0.494 e. The predicted molar refractivity (Wildman–Crippen MR) is 84.0 cm³/mol. The maximum atomic E-state index is 12.3. The molecule has 1 aromatic carbocycles. The lowest BCUT2D eigenvalue weighted by atomic mass is 10.2. The summed E-state index contributed by atoms with van der Waals surface area (Å²) in [5, 5.41) is -0.306. The molecule has 1 aromatic heterocycles. The molecule has 2 aromatic rings. The number of imidazole rings is 1. The van der Waals surface area contributed by atoms with Crippen molar-refractivity contribution in [1.29, 1.82) is 0 Å². The first-order valence-corrected chi connectivity index (χ1v) is 7.22. The highest BCUT2D eigenvalue weighted by Crippen LogP contribution is 2.32. The van der Waals surface area contributed by atoms with Gasteiger partial charge < -0.3 is 14.2 Å². The number of amides is 1. The van der Waals surface area contributed by atoms with Crippen LogP contribution in [-0.4, -0.2) is 41.6 Å². The van der Waals surface area contributed by atoms with Gasteiger partial charge in [0.2, 0.25) is 5.91 Å². The quantitative estimate of drug-likeness (QED) is 0.816. The van der Waals surface area contributed by atoms with E-state index < -0.39 is 0 Å². The number of aromatic nitrogens is 2. The number of benzene rings is 1. The van der Waals surface area contributed by atoms with Gasteiger partial charge in [0, 0.05) is 14.1 Å². The third kappa shape index (κ3) is 2.70. The number of alkyl halides is 1. The third-order valence-corrected chi connectivity index (χ3v) is 3.67. The van der Waals surface area contributed by atoms with Gasteiger partial charge in [-0.25, -0.2) is 4.98 Å². The molecule has 6 heteroatoms. The Hall–Kier alpha value is -1.75. The summed E-state index contributed by atoms with van der Waals surface area (Å²) in [7, 11) is 5.08. The number of likely N-dealkylation sites (N-methyl/N-ethyl adjacent to an activating group) is 1. The van der Waals surface area contributed by atoms with Gasteiger partial charge in [-0.3, -0.25) is 4.79 Å². The topological polar surface area (TPSA) is 47.4 Å². The Bertz CT molecular complexity index is 664. The highest BCUT2D eigenvalue weighted by Gasteiger charge is 2.25. The highest BCUT2D eigenvalue weighted by molar-refractivity contribution is 6.20. The normalized spacial score (nSPS) is 14.0. The van der Waals surface area contributed by atoms with Gasteiger partial charge >= 0.3 is 0 Å². The Morgan fingerprint density at radius 3 is 2.57 bits per heavy atom. The van der Waals surface area contributed by atoms with Crippen molar-refractivity contribution in [3.05, 3.63) is 24.0 Å². The molecular weight excluding hydrogens is 290 g/mol. The molecule has 21 heavy (non-hydrogen) atoms. The molecule has 0 aliphatic rings. The summed E-state index contributed by atoms with van der Waals surface area (Å²) in [5.41, 5.74) is 1.57. The first-order chi connectivity index (χ1) is 9.88. The van der Waals surface area contributed by atoms with Crippen LogP contribution in [0.3, 0.4) is 0 Å². The van der Waals surface area contributed by atoms with Crippen molar-refractivity contribution in [2.45, 2.75) is 25.3 Å². The Morgan fingerprint density at radius 2 is 2.05 bits per heavy atom. The van der Waals surface area contributed by atoms with Crippen LogP contribution in [0.15, 0.2) is 18.2 Å². The summed E-state index contributed by atoms with van der Waals surface area (Å²) >= 11 is 6.25. The fourth-order valence-electron chi connectivity index (χ4n) is 2.45. The van der Waals surface area contributed by atoms with E-state index in [-0.39, 0.29) is 17.3 Å². The average molecular weight is 310 g/mol. The van der Waals surface area contributed by atoms with E-state index in [0.29, 0.717) is 11.6 Å². The Kier molecular flexibility index (Phi) is 4.42. The average Bonchev–Trinajstić information content (AvgIpc) is 2.84. The fourth-order valence-corrected chi connectivity index (χ4v) is 2.60. The summed E-state index contributed by atoms with van der Waals surface area (Å²) in [6.45, 7) is 3.70. The Balaban J connectivity index is 2.70. The van der Waals surface area contributed by atoms with Crippen LogP contribution in [0.1, 0.15) is 31.1 Å². The molecular formula is C15H20ClN3O2. The Labute approximate surface area is 129 Å². The van der Waals surface area contributed by atoms with Gasteiger partial charge in [-0.15, -0.1) is 11.6 Å². The van der Waals surface area contributed by atoms with Crippen molar-refractivity contribution < 1.29 is 9.53 Å². The molecule has 114 valence electrons. The minimum atomic E-state index is -0.381. The van der Waals surface area contributed by atoms with Gasteiger partial charge in [0.05, 0.1) is 18.0 Å². The second-order valence-electron chi connectivity index (χ2n) is 5.19. The van der Waals surface area contributed by atoms with Crippen molar-refractivity contribution in [2.24, 2.45) is 0 Å². The number of carbonyl (C=O) groups excluding carboxylic acids is 1. The second-order valence-corrected chi connectivity index (χ2v) is 5.85. The predicted octanol–water partition coefficient (Wildman–Crippen LogP) is 2.99. The first-order valence-electron chi connectivity index (χ1n) is 6.78. The van der Waals surface area contributed by atoms with E-state index in [1.165, 1.54) is 0 Å². The van der Waals surface area contributed by atoms with E-state index in [4.69, 9.17) is 16.3 Å². The number of nitrogens with zero attached hydrogens (tertiary/aromatic N) is 3. The van der Waals surface area contributed by atoms with E-state index >= 15 is 0 Å². The first kappa shape index (κ1) is 15.6. The van der Waals surface area contributed by atoms with Gasteiger partial charge in [-0.05, 0) is 26.0 Å². The number of halogens is 1. The van der Waals surface area contributed by atoms with Crippen LogP contribution < -0.4 is 4.74 Å². The van der Waals surface area contributed by atoms with Crippen LogP contribution >= 0.6 is 11.6 Å². The molecule has 0 aliphatic heterocycles. The van der Waals surface area contributed by atoms with E-state index in [1.54, 1.807) is 26.1 Å². The number of para-hydroxylation sites is 1. The molecule has 0 radical (unpaired) electrons. The van der Waals surface area contributed by atoms with Crippen LogP contribution in [0.4, 0.5) is 0 Å². The number of carbonyl (C=O) groups is 1. The van der Waals surface area contributed by atoms with Crippen LogP contribution in [0.25, 0.3) is 11.0 Å². The summed E-state index contributed by atoms with van der Waals surface area (Å²) in [5.74, 6) is 1.34. The fraction of sp³-hybridized carbons (Fsp3) is 0.467. The van der Waals surface area contributed by atoms with Gasteiger partial charge in [-0.1, -0.05) is 6.07 Å². The molecule has 2 unspecified atom stereocenters. The molecule has 0 saturated carbocycles. The van der Waals surface area contributed by atoms with E-state index in [9.17, 15) is 4.79 Å². The monoisotopic (exact) mass is 309 g/mol. The number of ether oxygens (including phenoxy) is 1. The summed E-state index contributed by atoms with van der Waals surface area (Å²) in [6, 6.07) is 5.27. The van der Waals surface area contributed by atoms with Crippen LogP contribution in [-0.2, 0) is 4.79 Å². The Morgan fingerprint density at radius 1 is 1.38 bits per heavy atom. The molecule has 5 nitrogen and oxygen atoms in total. The van der Waals surface area contributed by atoms with E-state index in [2.05, 4.69) is 4.98 Å². The lowest BCUT2D eigenvalue weighted by Gasteiger charge is -2.21. The molecule has 2 atom stereocenters. The maximum Gasteiger partial charge on any atom is 0.244 e. The zero-order chi connectivity index (χ0) is 15.7. The summed E-state index contributed by atoms with van der Waals surface area (Å²) < 4.78 is 7.24. The molecule has 0 bridgehead atoms. The lowest BCUT2D eigenvalue weighted by Crippen LogP contribution is -2.30. The van der Waals surface area contributed by atoms with Gasteiger partial charge in [0.25, 0.3) is 0 Å².